The van der Waals surface area contributed by atoms with Crippen LogP contribution in [0.4, 0.5) is 0 Å². The number of unbranched alkanes of at least 4 members (excludes halogenated alkanes) is 2. The van der Waals surface area contributed by atoms with E-state index < -0.39 is 0 Å². The van der Waals surface area contributed by atoms with Crippen molar-refractivity contribution in [3.05, 3.63) is 88.2 Å². The second-order valence-electron chi connectivity index (χ2n) is 7.50. The number of aromatic nitrogens is 2. The van der Waals surface area contributed by atoms with Crippen LogP contribution in [0.5, 0.6) is 11.5 Å². The number of para-hydroxylation sites is 1. The molecule has 0 fully saturated rings. The average Bonchev–Trinajstić information content (AvgIpc) is 2.83. The Kier molecular flexibility index (Phi) is 7.07. The lowest BCUT2D eigenvalue weighted by Crippen LogP contribution is -2.23. The number of ether oxygens (including phenoxy) is 2. The Balaban J connectivity index is 1.43. The number of methoxy groups -OCH3 is 1. The molecule has 4 aromatic rings. The summed E-state index contributed by atoms with van der Waals surface area (Å²) in [6.45, 7) is 1.22. The van der Waals surface area contributed by atoms with Gasteiger partial charge in [-0.2, -0.15) is 0 Å². The fourth-order valence-electron chi connectivity index (χ4n) is 3.61. The van der Waals surface area contributed by atoms with Crippen molar-refractivity contribution in [3.63, 3.8) is 0 Å². The van der Waals surface area contributed by atoms with Crippen molar-refractivity contribution in [2.45, 2.75) is 25.8 Å². The van der Waals surface area contributed by atoms with Crippen molar-refractivity contribution in [3.8, 4) is 22.9 Å². The Hall–Kier alpha value is -3.31. The number of nitrogens with zero attached hydrogens (tertiary/aromatic N) is 2. The van der Waals surface area contributed by atoms with E-state index in [0.29, 0.717) is 34.9 Å². The number of hydrogen-bond donors (Lipinski definition) is 0. The summed E-state index contributed by atoms with van der Waals surface area (Å²) in [5, 5.41) is 1.29. The summed E-state index contributed by atoms with van der Waals surface area (Å²) in [6.07, 6.45) is 2.69. The third kappa shape index (κ3) is 5.11. The van der Waals surface area contributed by atoms with Crippen LogP contribution in [-0.2, 0) is 6.54 Å². The lowest BCUT2D eigenvalue weighted by atomic mass is 10.1. The van der Waals surface area contributed by atoms with Crippen molar-refractivity contribution >= 4 is 22.5 Å². The molecular weight excluding hydrogens is 424 g/mol. The fourth-order valence-corrected chi connectivity index (χ4v) is 3.73. The van der Waals surface area contributed by atoms with E-state index in [2.05, 4.69) is 0 Å². The molecule has 1 heterocycles. The van der Waals surface area contributed by atoms with Gasteiger partial charge in [0.25, 0.3) is 5.56 Å². The first-order valence-corrected chi connectivity index (χ1v) is 11.1. The molecule has 5 nitrogen and oxygen atoms in total. The van der Waals surface area contributed by atoms with Crippen molar-refractivity contribution in [1.82, 2.24) is 9.55 Å². The number of rotatable bonds is 9. The second-order valence-corrected chi connectivity index (χ2v) is 7.94. The van der Waals surface area contributed by atoms with Gasteiger partial charge in [-0.1, -0.05) is 23.7 Å². The molecule has 3 aromatic carbocycles. The molecule has 164 valence electrons. The van der Waals surface area contributed by atoms with Crippen LogP contribution in [0.3, 0.4) is 0 Å². The van der Waals surface area contributed by atoms with E-state index >= 15 is 0 Å². The maximum atomic E-state index is 13.2. The number of halogens is 1. The third-order valence-electron chi connectivity index (χ3n) is 5.32. The Bertz CT molecular complexity index is 1230. The van der Waals surface area contributed by atoms with Crippen LogP contribution in [-0.4, -0.2) is 23.3 Å². The van der Waals surface area contributed by atoms with Crippen molar-refractivity contribution in [2.75, 3.05) is 13.7 Å². The zero-order valence-electron chi connectivity index (χ0n) is 18.0. The fraction of sp³-hybridized carbons (Fsp3) is 0.231. The van der Waals surface area contributed by atoms with Gasteiger partial charge in [-0.3, -0.25) is 9.36 Å². The van der Waals surface area contributed by atoms with E-state index in [-0.39, 0.29) is 5.56 Å². The lowest BCUT2D eigenvalue weighted by Gasteiger charge is -2.14. The molecule has 0 saturated carbocycles. The van der Waals surface area contributed by atoms with E-state index in [1.807, 2.05) is 72.8 Å². The molecule has 0 spiro atoms. The first-order chi connectivity index (χ1) is 15.7. The summed E-state index contributed by atoms with van der Waals surface area (Å²) in [6, 6.07) is 22.5. The maximum absolute atomic E-state index is 13.2. The molecule has 0 amide bonds. The topological polar surface area (TPSA) is 53.4 Å². The average molecular weight is 449 g/mol. The smallest absolute Gasteiger partial charge is 0.261 e. The molecule has 0 unspecified atom stereocenters. The molecule has 32 heavy (non-hydrogen) atoms. The third-order valence-corrected chi connectivity index (χ3v) is 5.57. The van der Waals surface area contributed by atoms with E-state index in [0.717, 1.165) is 36.3 Å². The Morgan fingerprint density at radius 2 is 1.59 bits per heavy atom. The Labute approximate surface area is 192 Å². The molecular formula is C26H25ClN2O3. The highest BCUT2D eigenvalue weighted by atomic mass is 35.5. The molecule has 0 atom stereocenters. The summed E-state index contributed by atoms with van der Waals surface area (Å²) in [4.78, 5) is 18.0. The molecule has 0 N–H and O–H groups in total. The molecule has 0 aliphatic carbocycles. The van der Waals surface area contributed by atoms with Gasteiger partial charge in [0.05, 0.1) is 24.6 Å². The van der Waals surface area contributed by atoms with Crippen LogP contribution in [0.1, 0.15) is 19.3 Å². The van der Waals surface area contributed by atoms with Gasteiger partial charge in [0, 0.05) is 17.1 Å². The second kappa shape index (κ2) is 10.3. The summed E-state index contributed by atoms with van der Waals surface area (Å²) < 4.78 is 12.7. The van der Waals surface area contributed by atoms with Crippen molar-refractivity contribution in [2.24, 2.45) is 0 Å². The number of benzene rings is 3. The molecule has 0 bridgehead atoms. The summed E-state index contributed by atoms with van der Waals surface area (Å²) in [7, 11) is 1.64. The van der Waals surface area contributed by atoms with Crippen LogP contribution < -0.4 is 15.0 Å². The predicted octanol–water partition coefficient (Wildman–Crippen LogP) is 5.97. The lowest BCUT2D eigenvalue weighted by molar-refractivity contribution is 0.303. The minimum absolute atomic E-state index is 0.0185. The van der Waals surface area contributed by atoms with Gasteiger partial charge in [-0.25, -0.2) is 4.98 Å². The summed E-state index contributed by atoms with van der Waals surface area (Å²) >= 11 is 6.05. The standard InChI is InChI=1S/C26H25ClN2O3/c1-31-21-13-15-22(16-14-21)32-18-6-2-5-17-29-25(19-9-11-20(27)12-10-19)28-24-8-4-3-7-23(24)26(29)30/h3-4,7-16H,2,5-6,17-18H2,1H3. The predicted molar refractivity (Wildman–Crippen MR) is 129 cm³/mol. The van der Waals surface area contributed by atoms with E-state index in [1.165, 1.54) is 0 Å². The molecule has 0 radical (unpaired) electrons. The van der Waals surface area contributed by atoms with Crippen LogP contribution in [0.15, 0.2) is 77.6 Å². The van der Waals surface area contributed by atoms with Gasteiger partial charge in [-0.15, -0.1) is 0 Å². The van der Waals surface area contributed by atoms with E-state index in [4.69, 9.17) is 26.1 Å². The largest absolute Gasteiger partial charge is 0.497 e. The highest BCUT2D eigenvalue weighted by molar-refractivity contribution is 6.30. The van der Waals surface area contributed by atoms with Gasteiger partial charge in [0.1, 0.15) is 17.3 Å². The van der Waals surface area contributed by atoms with Crippen LogP contribution >= 0.6 is 11.6 Å². The Morgan fingerprint density at radius 1 is 0.875 bits per heavy atom. The first-order valence-electron chi connectivity index (χ1n) is 10.7. The van der Waals surface area contributed by atoms with Crippen molar-refractivity contribution < 1.29 is 9.47 Å². The van der Waals surface area contributed by atoms with Crippen molar-refractivity contribution in [1.29, 1.82) is 0 Å². The molecule has 0 aliphatic heterocycles. The minimum atomic E-state index is -0.0185. The monoisotopic (exact) mass is 448 g/mol. The van der Waals surface area contributed by atoms with Crippen LogP contribution in [0, 0.1) is 0 Å². The van der Waals surface area contributed by atoms with Crippen LogP contribution in [0.2, 0.25) is 5.02 Å². The summed E-state index contributed by atoms with van der Waals surface area (Å²) in [5.74, 6) is 2.30. The van der Waals surface area contributed by atoms with Gasteiger partial charge in [0.15, 0.2) is 0 Å². The Morgan fingerprint density at radius 3 is 2.34 bits per heavy atom. The normalized spacial score (nSPS) is 10.9. The number of fused-ring (bicyclic) bond motifs is 1. The van der Waals surface area contributed by atoms with Gasteiger partial charge in [-0.05, 0) is 79.9 Å². The maximum Gasteiger partial charge on any atom is 0.261 e. The molecule has 1 aromatic heterocycles. The SMILES string of the molecule is COc1ccc(OCCCCCn2c(-c3ccc(Cl)cc3)nc3ccccc3c2=O)cc1. The molecule has 6 heteroatoms. The van der Waals surface area contributed by atoms with Crippen LogP contribution in [0.25, 0.3) is 22.3 Å². The minimum Gasteiger partial charge on any atom is -0.497 e. The highest BCUT2D eigenvalue weighted by Crippen LogP contribution is 2.22. The van der Waals surface area contributed by atoms with Gasteiger partial charge < -0.3 is 9.47 Å². The highest BCUT2D eigenvalue weighted by Gasteiger charge is 2.12. The summed E-state index contributed by atoms with van der Waals surface area (Å²) in [5.41, 5.74) is 1.56. The van der Waals surface area contributed by atoms with Gasteiger partial charge in [0.2, 0.25) is 0 Å². The first kappa shape index (κ1) is 21.9. The van der Waals surface area contributed by atoms with E-state index in [9.17, 15) is 4.79 Å². The van der Waals surface area contributed by atoms with Gasteiger partial charge >= 0.3 is 0 Å². The zero-order chi connectivity index (χ0) is 22.3. The molecule has 0 saturated heterocycles. The van der Waals surface area contributed by atoms with E-state index in [1.54, 1.807) is 11.7 Å². The molecule has 0 aliphatic rings. The quantitative estimate of drug-likeness (QED) is 0.296. The number of hydrogen-bond acceptors (Lipinski definition) is 4. The molecule has 4 rings (SSSR count). The zero-order valence-corrected chi connectivity index (χ0v) is 18.7.